The molecule has 11 heteroatoms. The van der Waals surface area contributed by atoms with E-state index in [1.54, 1.807) is 6.20 Å². The van der Waals surface area contributed by atoms with Gasteiger partial charge < -0.3 is 0 Å². The van der Waals surface area contributed by atoms with Gasteiger partial charge in [0.15, 0.2) is 0 Å². The monoisotopic (exact) mass is 618 g/mol. The third-order valence-electron chi connectivity index (χ3n) is 7.65. The summed E-state index contributed by atoms with van der Waals surface area (Å²) in [6.07, 6.45) is 9.20. The number of amides is 1. The summed E-state index contributed by atoms with van der Waals surface area (Å²) in [4.78, 5) is 30.3. The van der Waals surface area contributed by atoms with Gasteiger partial charge in [-0.1, -0.05) is 0 Å². The van der Waals surface area contributed by atoms with Crippen LogP contribution >= 0.6 is 0 Å². The van der Waals surface area contributed by atoms with Crippen LogP contribution in [0.4, 0.5) is 10.2 Å². The van der Waals surface area contributed by atoms with E-state index in [-0.39, 0.29) is 17.9 Å². The topological polar surface area (TPSA) is 110 Å². The second-order valence-corrected chi connectivity index (χ2v) is 13.8. The van der Waals surface area contributed by atoms with E-state index in [2.05, 4.69) is 34.6 Å². The van der Waals surface area contributed by atoms with Crippen LogP contribution in [0, 0.1) is 23.6 Å². The van der Waals surface area contributed by atoms with Gasteiger partial charge in [-0.05, 0) is 0 Å². The quantitative estimate of drug-likeness (QED) is 0.164. The average Bonchev–Trinajstić information content (AvgIpc) is 3.47. The van der Waals surface area contributed by atoms with Crippen molar-refractivity contribution in [3.8, 4) is 11.4 Å². The number of nitrogens with zero attached hydrogens (tertiary/aromatic N) is 4. The van der Waals surface area contributed by atoms with Crippen LogP contribution in [0.3, 0.4) is 0 Å². The molecule has 4 aromatic heterocycles. The first-order chi connectivity index (χ1) is 17.9. The number of carbonyl (C=O) groups excluding carboxylic acids is 1. The van der Waals surface area contributed by atoms with Crippen LogP contribution in [0.2, 0.25) is 0 Å². The van der Waals surface area contributed by atoms with Crippen LogP contribution in [-0.2, 0) is 15.0 Å². The zero-order valence-electron chi connectivity index (χ0n) is 21.0. The van der Waals surface area contributed by atoms with Crippen LogP contribution in [0.25, 0.3) is 33.5 Å². The number of aromatic nitrogens is 5. The number of hydrogen-bond donors (Lipinski definition) is 3. The molecule has 3 N–H and O–H groups in total. The molecule has 0 aromatic carbocycles. The van der Waals surface area contributed by atoms with Crippen molar-refractivity contribution >= 4 is 33.8 Å². The number of alkyl halides is 1. The van der Waals surface area contributed by atoms with Crippen LogP contribution < -0.4 is 32.4 Å². The molecule has 4 aromatic rings. The van der Waals surface area contributed by atoms with Gasteiger partial charge in [-0.2, -0.15) is 0 Å². The Kier molecular flexibility index (Phi) is 6.51. The summed E-state index contributed by atoms with van der Waals surface area (Å²) in [5.74, 6) is 1.22. The first-order valence-electron chi connectivity index (χ1n) is 12.7. The maximum atomic E-state index is 14.0. The van der Waals surface area contributed by atoms with Crippen LogP contribution in [0.5, 0.6) is 0 Å². The Morgan fingerprint density at radius 1 is 1.22 bits per heavy atom. The number of hydrogen-bond acceptors (Lipinski definition) is 6. The molecule has 2 bridgehead atoms. The van der Waals surface area contributed by atoms with Crippen LogP contribution in [-0.4, -0.2) is 40.4 Å². The summed E-state index contributed by atoms with van der Waals surface area (Å²) in [5, 5.41) is 5.20. The van der Waals surface area contributed by atoms with Crippen molar-refractivity contribution in [1.29, 1.82) is 0 Å². The van der Waals surface area contributed by atoms with Gasteiger partial charge in [0, 0.05) is 0 Å². The number of aromatic amines is 1. The van der Waals surface area contributed by atoms with Crippen molar-refractivity contribution in [1.82, 2.24) is 30.0 Å². The summed E-state index contributed by atoms with van der Waals surface area (Å²) in [5.41, 5.74) is 4.79. The summed E-state index contributed by atoms with van der Waals surface area (Å²) in [7, 11) is 1.94. The van der Waals surface area contributed by atoms with Gasteiger partial charge in [-0.3, -0.25) is 0 Å². The van der Waals surface area contributed by atoms with Crippen molar-refractivity contribution in [3.05, 3.63) is 36.5 Å². The molecule has 0 unspecified atom stereocenters. The fourth-order valence-corrected chi connectivity index (χ4v) is 6.79. The fraction of sp³-hybridized carbons (Fsp3) is 0.462. The van der Waals surface area contributed by atoms with E-state index >= 15 is 0 Å². The van der Waals surface area contributed by atoms with Crippen molar-refractivity contribution in [2.45, 2.75) is 49.5 Å². The average molecular weight is 618 g/mol. The number of halogens is 2. The van der Waals surface area contributed by atoms with E-state index in [0.29, 0.717) is 44.0 Å². The Morgan fingerprint density at radius 3 is 2.78 bits per heavy atom. The number of carbonyl (C=O) groups is 1. The van der Waals surface area contributed by atoms with E-state index < -0.39 is 27.4 Å². The fourth-order valence-electron chi connectivity index (χ4n) is 5.94. The van der Waals surface area contributed by atoms with Crippen molar-refractivity contribution in [2.75, 3.05) is 5.32 Å². The molecule has 3 fully saturated rings. The van der Waals surface area contributed by atoms with Gasteiger partial charge in [0.2, 0.25) is 0 Å². The SMILES string of the molecule is CC(C)[I-]ONC(=O)[C@H]1C2CCC(CC2)[C@@H]1Nc1nc(-c2c[nH]c3ncc(F)cc23)nc2c1ccn2C. The molecule has 196 valence electrons. The Hall–Kier alpha value is -2.80. The summed E-state index contributed by atoms with van der Waals surface area (Å²) >= 11 is -0.538. The van der Waals surface area contributed by atoms with Gasteiger partial charge in [0.1, 0.15) is 5.82 Å². The number of H-pyrrole nitrogens is 1. The molecule has 9 nitrogen and oxygen atoms in total. The summed E-state index contributed by atoms with van der Waals surface area (Å²) in [6.45, 7) is 4.20. The van der Waals surface area contributed by atoms with Gasteiger partial charge in [-0.15, -0.1) is 0 Å². The maximum absolute atomic E-state index is 14.0. The van der Waals surface area contributed by atoms with E-state index in [0.717, 1.165) is 36.7 Å². The molecule has 2 atom stereocenters. The Balaban J connectivity index is 1.38. The van der Waals surface area contributed by atoms with E-state index in [4.69, 9.17) is 13.1 Å². The number of pyridine rings is 1. The molecule has 3 aliphatic carbocycles. The molecule has 0 saturated heterocycles. The minimum atomic E-state index is -0.538. The third-order valence-corrected chi connectivity index (χ3v) is 9.14. The molecule has 1 amide bonds. The second-order valence-electron chi connectivity index (χ2n) is 10.3. The number of fused-ring (bicyclic) bond motifs is 5. The normalized spacial score (nSPS) is 23.4. The molecule has 4 heterocycles. The molecular formula is C26H30FIN7O2-. The molecular weight excluding hydrogens is 588 g/mol. The van der Waals surface area contributed by atoms with Gasteiger partial charge in [-0.25, -0.2) is 9.37 Å². The number of anilines is 1. The zero-order chi connectivity index (χ0) is 25.7. The van der Waals surface area contributed by atoms with Crippen molar-refractivity contribution in [3.63, 3.8) is 0 Å². The molecule has 37 heavy (non-hydrogen) atoms. The van der Waals surface area contributed by atoms with Crippen LogP contribution in [0.1, 0.15) is 39.5 Å². The molecule has 3 saturated carbocycles. The Labute approximate surface area is 224 Å². The number of rotatable bonds is 7. The number of hydroxylamine groups is 1. The second kappa shape index (κ2) is 9.82. The van der Waals surface area contributed by atoms with Gasteiger partial charge >= 0.3 is 204 Å². The van der Waals surface area contributed by atoms with Crippen molar-refractivity contribution in [2.24, 2.45) is 24.8 Å². The predicted octanol–water partition coefficient (Wildman–Crippen LogP) is 1.33. The molecule has 0 aliphatic heterocycles. The minimum absolute atomic E-state index is 0.0380. The van der Waals surface area contributed by atoms with Crippen molar-refractivity contribution < 1.29 is 34.0 Å². The first-order valence-corrected chi connectivity index (χ1v) is 14.8. The standard InChI is InChI=1S/C26H30FIN7O2/c1-13(2)28-37-34-26(36)20-14-4-6-15(7-5-14)21(20)31-23-17-8-9-35(3)25(17)33-24(32-23)19-12-30-22-18(19)10-16(27)11-29-22/h8-15,20-21H,4-7H2,1-3H3,(H,29,30)(H,34,36)(H,31,32,33)/q-1/t14?,15?,20-,21-/m0/s1. The number of aryl methyl sites for hydroxylation is 1. The van der Waals surface area contributed by atoms with E-state index in [9.17, 15) is 9.18 Å². The molecule has 0 radical (unpaired) electrons. The predicted molar refractivity (Wildman–Crippen MR) is 134 cm³/mol. The zero-order valence-corrected chi connectivity index (χ0v) is 23.1. The van der Waals surface area contributed by atoms with Crippen LogP contribution in [0.15, 0.2) is 30.7 Å². The third kappa shape index (κ3) is 4.56. The van der Waals surface area contributed by atoms with E-state index in [1.807, 2.05) is 23.9 Å². The Bertz CT molecular complexity index is 1460. The van der Waals surface area contributed by atoms with Gasteiger partial charge in [0.05, 0.1) is 6.20 Å². The molecule has 3 aliphatic rings. The summed E-state index contributed by atoms with van der Waals surface area (Å²) in [6, 6.07) is 3.38. The van der Waals surface area contributed by atoms with E-state index in [1.165, 1.54) is 12.3 Å². The number of nitrogens with one attached hydrogen (secondary N) is 3. The molecule has 7 rings (SSSR count). The first kappa shape index (κ1) is 24.5. The molecule has 0 spiro atoms. The Morgan fingerprint density at radius 2 is 2.00 bits per heavy atom. The van der Waals surface area contributed by atoms with Gasteiger partial charge in [0.25, 0.3) is 0 Å². The summed E-state index contributed by atoms with van der Waals surface area (Å²) < 4.78 is 22.0.